The molecule has 0 unspecified atom stereocenters. The molecule has 0 radical (unpaired) electrons. The highest BCUT2D eigenvalue weighted by Gasteiger charge is 2.35. The average molecular weight is 478 g/mol. The van der Waals surface area contributed by atoms with Gasteiger partial charge in [-0.2, -0.15) is 4.31 Å². The predicted molar refractivity (Wildman–Crippen MR) is 125 cm³/mol. The lowest BCUT2D eigenvalue weighted by Crippen LogP contribution is -2.44. The van der Waals surface area contributed by atoms with Gasteiger partial charge < -0.3 is 15.0 Å². The fourth-order valence-electron chi connectivity index (χ4n) is 3.48. The summed E-state index contributed by atoms with van der Waals surface area (Å²) in [6.07, 6.45) is 0. The van der Waals surface area contributed by atoms with Crippen molar-refractivity contribution in [2.24, 2.45) is 0 Å². The molecular formula is C22H27N3O5S2. The topological polar surface area (TPSA) is 96.0 Å². The van der Waals surface area contributed by atoms with Gasteiger partial charge in [0.25, 0.3) is 5.91 Å². The largest absolute Gasteiger partial charge is 0.495 e. The molecule has 1 atom stereocenters. The van der Waals surface area contributed by atoms with Crippen molar-refractivity contribution in [2.45, 2.75) is 24.8 Å². The number of hydrogen-bond acceptors (Lipinski definition) is 6. The molecule has 0 bridgehead atoms. The zero-order chi connectivity index (χ0) is 23.3. The highest BCUT2D eigenvalue weighted by Crippen LogP contribution is 2.31. The second-order valence-electron chi connectivity index (χ2n) is 7.10. The van der Waals surface area contributed by atoms with Gasteiger partial charge in [-0.05, 0) is 30.3 Å². The first-order chi connectivity index (χ1) is 15.3. The van der Waals surface area contributed by atoms with Gasteiger partial charge in [0.2, 0.25) is 15.9 Å². The van der Waals surface area contributed by atoms with E-state index in [0.717, 1.165) is 0 Å². The monoisotopic (exact) mass is 477 g/mol. The van der Waals surface area contributed by atoms with E-state index in [2.05, 4.69) is 5.32 Å². The number of carbonyl (C=O) groups is 2. The van der Waals surface area contributed by atoms with Crippen molar-refractivity contribution >= 4 is 39.3 Å². The Morgan fingerprint density at radius 3 is 2.47 bits per heavy atom. The molecular weight excluding hydrogens is 450 g/mol. The zero-order valence-electron chi connectivity index (χ0n) is 18.3. The normalized spacial score (nSPS) is 16.2. The van der Waals surface area contributed by atoms with Crippen LogP contribution in [0.3, 0.4) is 0 Å². The number of amides is 2. The van der Waals surface area contributed by atoms with Crippen molar-refractivity contribution in [3.63, 3.8) is 0 Å². The van der Waals surface area contributed by atoms with Crippen molar-refractivity contribution in [1.29, 1.82) is 0 Å². The number of thioether (sulfide) groups is 1. The van der Waals surface area contributed by atoms with E-state index < -0.39 is 22.0 Å². The van der Waals surface area contributed by atoms with Crippen LogP contribution in [-0.2, 0) is 14.8 Å². The molecule has 0 aliphatic carbocycles. The lowest BCUT2D eigenvalue weighted by atomic mass is 10.1. The van der Waals surface area contributed by atoms with Crippen molar-refractivity contribution < 1.29 is 22.7 Å². The summed E-state index contributed by atoms with van der Waals surface area (Å²) in [5.74, 6) is 0.572. The highest BCUT2D eigenvalue weighted by molar-refractivity contribution is 7.99. The van der Waals surface area contributed by atoms with Crippen LogP contribution in [0.4, 0.5) is 5.69 Å². The van der Waals surface area contributed by atoms with Gasteiger partial charge in [0.1, 0.15) is 11.8 Å². The third kappa shape index (κ3) is 4.92. The molecule has 32 heavy (non-hydrogen) atoms. The second kappa shape index (κ2) is 10.4. The van der Waals surface area contributed by atoms with Crippen molar-refractivity contribution in [3.05, 3.63) is 54.1 Å². The number of nitrogens with zero attached hydrogens (tertiary/aromatic N) is 2. The van der Waals surface area contributed by atoms with Crippen LogP contribution in [0.2, 0.25) is 0 Å². The van der Waals surface area contributed by atoms with E-state index in [-0.39, 0.29) is 16.5 Å². The van der Waals surface area contributed by atoms with Gasteiger partial charge in [-0.3, -0.25) is 9.59 Å². The number of nitrogens with one attached hydrogen (secondary N) is 1. The molecule has 1 fully saturated rings. The lowest BCUT2D eigenvalue weighted by Gasteiger charge is -2.24. The van der Waals surface area contributed by atoms with E-state index in [1.54, 1.807) is 38.1 Å². The van der Waals surface area contributed by atoms with E-state index in [0.29, 0.717) is 36.0 Å². The number of benzene rings is 2. The summed E-state index contributed by atoms with van der Waals surface area (Å²) >= 11 is 1.49. The summed E-state index contributed by atoms with van der Waals surface area (Å²) in [6.45, 7) is 4.21. The number of ether oxygens (including phenoxy) is 1. The third-order valence-electron chi connectivity index (χ3n) is 5.24. The molecule has 2 aromatic carbocycles. The van der Waals surface area contributed by atoms with Crippen LogP contribution in [0.25, 0.3) is 0 Å². The summed E-state index contributed by atoms with van der Waals surface area (Å²) in [4.78, 5) is 27.6. The Labute approximate surface area is 193 Å². The Balaban J connectivity index is 1.85. The number of methoxy groups -OCH3 is 1. The van der Waals surface area contributed by atoms with E-state index in [1.165, 1.54) is 46.3 Å². The number of rotatable bonds is 8. The Morgan fingerprint density at radius 2 is 1.84 bits per heavy atom. The Hall–Kier alpha value is -2.56. The van der Waals surface area contributed by atoms with Crippen LogP contribution >= 0.6 is 11.8 Å². The number of sulfonamides is 1. The minimum atomic E-state index is -3.71. The highest BCUT2D eigenvalue weighted by atomic mass is 32.2. The van der Waals surface area contributed by atoms with Crippen LogP contribution in [-0.4, -0.2) is 67.3 Å². The number of carbonyl (C=O) groups excluding carboxylic acids is 2. The number of hydrogen-bond donors (Lipinski definition) is 1. The molecule has 10 heteroatoms. The molecule has 0 aromatic heterocycles. The molecule has 1 N–H and O–H groups in total. The molecule has 8 nitrogen and oxygen atoms in total. The van der Waals surface area contributed by atoms with Crippen molar-refractivity contribution in [1.82, 2.24) is 9.21 Å². The van der Waals surface area contributed by atoms with Gasteiger partial charge in [0.15, 0.2) is 0 Å². The van der Waals surface area contributed by atoms with Gasteiger partial charge >= 0.3 is 0 Å². The van der Waals surface area contributed by atoms with Crippen LogP contribution in [0.5, 0.6) is 5.75 Å². The molecule has 1 aliphatic heterocycles. The van der Waals surface area contributed by atoms with Gasteiger partial charge in [-0.1, -0.05) is 32.0 Å². The Morgan fingerprint density at radius 1 is 1.16 bits per heavy atom. The molecule has 1 aliphatic rings. The van der Waals surface area contributed by atoms with E-state index in [1.807, 2.05) is 6.07 Å². The van der Waals surface area contributed by atoms with Crippen LogP contribution in [0.15, 0.2) is 53.4 Å². The number of anilines is 1. The van der Waals surface area contributed by atoms with Crippen LogP contribution < -0.4 is 10.1 Å². The van der Waals surface area contributed by atoms with Gasteiger partial charge in [-0.25, -0.2) is 8.42 Å². The minimum Gasteiger partial charge on any atom is -0.495 e. The first kappa shape index (κ1) is 24.1. The molecule has 2 amide bonds. The lowest BCUT2D eigenvalue weighted by molar-refractivity contribution is -0.119. The van der Waals surface area contributed by atoms with Crippen molar-refractivity contribution in [3.8, 4) is 5.75 Å². The molecule has 1 heterocycles. The van der Waals surface area contributed by atoms with Gasteiger partial charge in [0, 0.05) is 24.4 Å². The van der Waals surface area contributed by atoms with E-state index in [4.69, 9.17) is 4.74 Å². The Kier molecular flexibility index (Phi) is 7.81. The summed E-state index contributed by atoms with van der Waals surface area (Å²) in [7, 11) is -2.26. The maximum absolute atomic E-state index is 13.1. The quantitative estimate of drug-likeness (QED) is 0.628. The van der Waals surface area contributed by atoms with Crippen molar-refractivity contribution in [2.75, 3.05) is 37.1 Å². The molecule has 1 saturated heterocycles. The molecule has 0 spiro atoms. The fourth-order valence-corrected chi connectivity index (χ4v) is 6.12. The first-order valence-electron chi connectivity index (χ1n) is 10.3. The summed E-state index contributed by atoms with van der Waals surface area (Å²) < 4.78 is 32.5. The SMILES string of the molecule is CCN(CC)S(=O)(=O)c1ccc(OC)c(NC(=O)[C@@H]2CSCN2C(=O)c2ccccc2)c1. The standard InChI is InChI=1S/C22H27N3O5S2/c1-4-24(5-2)32(28,29)17-11-12-20(30-3)18(13-17)23-21(26)19-14-31-15-25(19)22(27)16-9-7-6-8-10-16/h6-13,19H,4-5,14-15H2,1-3H3,(H,23,26)/t19-/m0/s1. The summed E-state index contributed by atoms with van der Waals surface area (Å²) in [5.41, 5.74) is 0.757. The minimum absolute atomic E-state index is 0.0651. The summed E-state index contributed by atoms with van der Waals surface area (Å²) in [6, 6.07) is 12.5. The summed E-state index contributed by atoms with van der Waals surface area (Å²) in [5, 5.41) is 2.77. The molecule has 172 valence electrons. The van der Waals surface area contributed by atoms with Gasteiger partial charge in [0.05, 0.1) is 23.6 Å². The maximum atomic E-state index is 13.1. The zero-order valence-corrected chi connectivity index (χ0v) is 19.9. The van der Waals surface area contributed by atoms with Crippen LogP contribution in [0.1, 0.15) is 24.2 Å². The molecule has 2 aromatic rings. The fraction of sp³-hybridized carbons (Fsp3) is 0.364. The van der Waals surface area contributed by atoms with Gasteiger partial charge in [-0.15, -0.1) is 11.8 Å². The second-order valence-corrected chi connectivity index (χ2v) is 10.0. The van der Waals surface area contributed by atoms with E-state index >= 15 is 0 Å². The first-order valence-corrected chi connectivity index (χ1v) is 12.9. The molecule has 0 saturated carbocycles. The predicted octanol–water partition coefficient (Wildman–Crippen LogP) is 2.88. The average Bonchev–Trinajstić information content (AvgIpc) is 3.30. The van der Waals surface area contributed by atoms with Crippen LogP contribution in [0, 0.1) is 0 Å². The van der Waals surface area contributed by atoms with E-state index in [9.17, 15) is 18.0 Å². The Bertz CT molecular complexity index is 1070. The third-order valence-corrected chi connectivity index (χ3v) is 8.30. The smallest absolute Gasteiger partial charge is 0.255 e. The maximum Gasteiger partial charge on any atom is 0.255 e. The molecule has 3 rings (SSSR count).